The van der Waals surface area contributed by atoms with E-state index in [9.17, 15) is 9.59 Å². The highest BCUT2D eigenvalue weighted by molar-refractivity contribution is 5.91. The monoisotopic (exact) mass is 324 g/mol. The molecule has 1 heterocycles. The van der Waals surface area contributed by atoms with Crippen LogP contribution in [0.25, 0.3) is 6.08 Å². The Morgan fingerprint density at radius 2 is 1.88 bits per heavy atom. The average molecular weight is 324 g/mol. The lowest BCUT2D eigenvalue weighted by Crippen LogP contribution is -2.26. The standard InChI is InChI=1S/C20H24N2O2/c1-13(2)17-8-5-16(6-9-17)7-10-19(23)21-12-18-14(3)11-15(4)22-20(18)24/h5-11,13H,12H2,1-4H3,(H,21,23)(H,22,24). The molecule has 0 bridgehead atoms. The largest absolute Gasteiger partial charge is 0.348 e. The zero-order chi connectivity index (χ0) is 17.7. The van der Waals surface area contributed by atoms with Crippen molar-refractivity contribution in [3.05, 3.63) is 74.7 Å². The quantitative estimate of drug-likeness (QED) is 0.828. The van der Waals surface area contributed by atoms with Gasteiger partial charge in [0.1, 0.15) is 0 Å². The number of rotatable bonds is 5. The van der Waals surface area contributed by atoms with Crippen molar-refractivity contribution in [1.29, 1.82) is 0 Å². The van der Waals surface area contributed by atoms with Crippen LogP contribution >= 0.6 is 0 Å². The van der Waals surface area contributed by atoms with Crippen LogP contribution < -0.4 is 10.9 Å². The Morgan fingerprint density at radius 3 is 2.46 bits per heavy atom. The zero-order valence-electron chi connectivity index (χ0n) is 14.6. The Kier molecular flexibility index (Phi) is 5.74. The van der Waals surface area contributed by atoms with Gasteiger partial charge in [-0.1, -0.05) is 38.1 Å². The van der Waals surface area contributed by atoms with Crippen molar-refractivity contribution in [3.8, 4) is 0 Å². The van der Waals surface area contributed by atoms with E-state index in [2.05, 4.69) is 36.3 Å². The van der Waals surface area contributed by atoms with Crippen LogP contribution in [0.1, 0.15) is 47.7 Å². The summed E-state index contributed by atoms with van der Waals surface area (Å²) >= 11 is 0. The third kappa shape index (κ3) is 4.69. The minimum absolute atomic E-state index is 0.152. The average Bonchev–Trinajstić information content (AvgIpc) is 2.52. The minimum Gasteiger partial charge on any atom is -0.348 e. The first kappa shape index (κ1) is 17.7. The van der Waals surface area contributed by atoms with E-state index < -0.39 is 0 Å². The van der Waals surface area contributed by atoms with Crippen LogP contribution in [0.4, 0.5) is 0 Å². The van der Waals surface area contributed by atoms with Crippen LogP contribution in [0, 0.1) is 13.8 Å². The molecule has 0 aliphatic heterocycles. The number of hydrogen-bond donors (Lipinski definition) is 2. The van der Waals surface area contributed by atoms with E-state index in [1.54, 1.807) is 6.08 Å². The molecule has 0 saturated heterocycles. The van der Waals surface area contributed by atoms with Gasteiger partial charge < -0.3 is 10.3 Å². The van der Waals surface area contributed by atoms with Crippen LogP contribution in [0.2, 0.25) is 0 Å². The summed E-state index contributed by atoms with van der Waals surface area (Å²) in [5, 5.41) is 2.75. The van der Waals surface area contributed by atoms with Gasteiger partial charge in [0.15, 0.2) is 0 Å². The van der Waals surface area contributed by atoms with Crippen molar-refractivity contribution >= 4 is 12.0 Å². The Bertz CT molecular complexity index is 799. The van der Waals surface area contributed by atoms with Gasteiger partial charge in [0.2, 0.25) is 5.91 Å². The molecule has 1 aromatic heterocycles. The highest BCUT2D eigenvalue weighted by Gasteiger charge is 2.06. The van der Waals surface area contributed by atoms with Crippen LogP contribution in [0.15, 0.2) is 41.2 Å². The molecular weight excluding hydrogens is 300 g/mol. The maximum absolute atomic E-state index is 11.9. The molecule has 126 valence electrons. The summed E-state index contributed by atoms with van der Waals surface area (Å²) in [5.41, 5.74) is 4.37. The van der Waals surface area contributed by atoms with Crippen molar-refractivity contribution in [2.75, 3.05) is 0 Å². The van der Waals surface area contributed by atoms with Gasteiger partial charge in [0.25, 0.3) is 5.56 Å². The van der Waals surface area contributed by atoms with Gasteiger partial charge in [0, 0.05) is 23.9 Å². The van der Waals surface area contributed by atoms with Crippen molar-refractivity contribution in [3.63, 3.8) is 0 Å². The number of hydrogen-bond acceptors (Lipinski definition) is 2. The second-order valence-electron chi connectivity index (χ2n) is 6.32. The molecule has 0 radical (unpaired) electrons. The number of aromatic amines is 1. The number of aryl methyl sites for hydroxylation is 2. The molecule has 0 aliphatic carbocycles. The van der Waals surface area contributed by atoms with E-state index >= 15 is 0 Å². The third-order valence-corrected chi connectivity index (χ3v) is 3.96. The van der Waals surface area contributed by atoms with Crippen molar-refractivity contribution in [1.82, 2.24) is 10.3 Å². The topological polar surface area (TPSA) is 62.0 Å². The van der Waals surface area contributed by atoms with E-state index in [0.717, 1.165) is 16.8 Å². The molecule has 24 heavy (non-hydrogen) atoms. The maximum atomic E-state index is 11.9. The van der Waals surface area contributed by atoms with E-state index in [4.69, 9.17) is 0 Å². The summed E-state index contributed by atoms with van der Waals surface area (Å²) < 4.78 is 0. The Labute approximate surface area is 142 Å². The number of carbonyl (C=O) groups is 1. The first-order chi connectivity index (χ1) is 11.4. The highest BCUT2D eigenvalue weighted by Crippen LogP contribution is 2.15. The number of carbonyl (C=O) groups excluding carboxylic acids is 1. The second-order valence-corrected chi connectivity index (χ2v) is 6.32. The van der Waals surface area contributed by atoms with E-state index in [1.165, 1.54) is 11.6 Å². The zero-order valence-corrected chi connectivity index (χ0v) is 14.6. The number of aromatic nitrogens is 1. The Morgan fingerprint density at radius 1 is 1.21 bits per heavy atom. The normalized spacial score (nSPS) is 11.2. The number of pyridine rings is 1. The van der Waals surface area contributed by atoms with Gasteiger partial charge in [0.05, 0.1) is 0 Å². The molecule has 0 unspecified atom stereocenters. The molecule has 4 nitrogen and oxygen atoms in total. The molecule has 2 N–H and O–H groups in total. The molecular formula is C20H24N2O2. The highest BCUT2D eigenvalue weighted by atomic mass is 16.1. The smallest absolute Gasteiger partial charge is 0.253 e. The maximum Gasteiger partial charge on any atom is 0.253 e. The lowest BCUT2D eigenvalue weighted by molar-refractivity contribution is -0.116. The predicted octanol–water partition coefficient (Wildman–Crippen LogP) is 3.44. The summed E-state index contributed by atoms with van der Waals surface area (Å²) in [4.78, 5) is 26.6. The molecule has 2 rings (SSSR count). The number of benzene rings is 1. The number of H-pyrrole nitrogens is 1. The van der Waals surface area contributed by atoms with Gasteiger partial charge >= 0.3 is 0 Å². The fraction of sp³-hybridized carbons (Fsp3) is 0.300. The number of nitrogens with one attached hydrogen (secondary N) is 2. The summed E-state index contributed by atoms with van der Waals surface area (Å²) in [6.45, 7) is 8.22. The molecule has 1 amide bonds. The fourth-order valence-corrected chi connectivity index (χ4v) is 2.50. The predicted molar refractivity (Wildman–Crippen MR) is 97.9 cm³/mol. The SMILES string of the molecule is Cc1cc(C)c(CNC(=O)C=Cc2ccc(C(C)C)cc2)c(=O)[nH]1. The molecule has 4 heteroatoms. The third-order valence-electron chi connectivity index (χ3n) is 3.96. The lowest BCUT2D eigenvalue weighted by Gasteiger charge is -2.07. The van der Waals surface area contributed by atoms with E-state index in [1.807, 2.05) is 32.0 Å². The van der Waals surface area contributed by atoms with Crippen LogP contribution in [0.5, 0.6) is 0 Å². The molecule has 0 aliphatic rings. The molecule has 1 aromatic carbocycles. The van der Waals surface area contributed by atoms with Gasteiger partial charge in [-0.05, 0) is 48.6 Å². The van der Waals surface area contributed by atoms with Gasteiger partial charge in [-0.3, -0.25) is 9.59 Å². The Hall–Kier alpha value is -2.62. The van der Waals surface area contributed by atoms with Crippen LogP contribution in [-0.4, -0.2) is 10.9 Å². The molecule has 2 aromatic rings. The molecule has 0 fully saturated rings. The lowest BCUT2D eigenvalue weighted by atomic mass is 10.0. The summed E-state index contributed by atoms with van der Waals surface area (Å²) in [7, 11) is 0. The number of amides is 1. The first-order valence-corrected chi connectivity index (χ1v) is 8.12. The second kappa shape index (κ2) is 7.77. The van der Waals surface area contributed by atoms with E-state index in [0.29, 0.717) is 11.5 Å². The van der Waals surface area contributed by atoms with Crippen LogP contribution in [0.3, 0.4) is 0 Å². The minimum atomic E-state index is -0.220. The molecule has 0 spiro atoms. The van der Waals surface area contributed by atoms with Crippen molar-refractivity contribution in [2.24, 2.45) is 0 Å². The summed E-state index contributed by atoms with van der Waals surface area (Å²) in [6, 6.07) is 10.0. The summed E-state index contributed by atoms with van der Waals surface area (Å²) in [6.07, 6.45) is 3.26. The summed E-state index contributed by atoms with van der Waals surface area (Å²) in [5.74, 6) is 0.268. The van der Waals surface area contributed by atoms with Crippen molar-refractivity contribution < 1.29 is 4.79 Å². The first-order valence-electron chi connectivity index (χ1n) is 8.12. The van der Waals surface area contributed by atoms with Gasteiger partial charge in [-0.15, -0.1) is 0 Å². The molecule has 0 saturated carbocycles. The Balaban J connectivity index is 1.97. The van der Waals surface area contributed by atoms with Crippen molar-refractivity contribution in [2.45, 2.75) is 40.2 Å². The van der Waals surface area contributed by atoms with Gasteiger partial charge in [-0.25, -0.2) is 0 Å². The fourth-order valence-electron chi connectivity index (χ4n) is 2.50. The van der Waals surface area contributed by atoms with Crippen LogP contribution in [-0.2, 0) is 11.3 Å². The molecule has 0 atom stereocenters. The van der Waals surface area contributed by atoms with Gasteiger partial charge in [-0.2, -0.15) is 0 Å². The van der Waals surface area contributed by atoms with E-state index in [-0.39, 0.29) is 18.0 Å².